The van der Waals surface area contributed by atoms with Gasteiger partial charge in [0.25, 0.3) is 0 Å². The van der Waals surface area contributed by atoms with Crippen LogP contribution in [0.3, 0.4) is 0 Å². The number of nitrogens with two attached hydrogens (primary N) is 1. The second-order valence-electron chi connectivity index (χ2n) is 8.50. The molecule has 184 valence electrons. The molecule has 0 heterocycles. The van der Waals surface area contributed by atoms with Crippen molar-refractivity contribution in [1.82, 2.24) is 16.0 Å². The van der Waals surface area contributed by atoms with Gasteiger partial charge in [0, 0.05) is 12.2 Å². The fourth-order valence-electron chi connectivity index (χ4n) is 2.82. The first-order valence-electron chi connectivity index (χ1n) is 10.5. The first-order valence-corrected chi connectivity index (χ1v) is 11.1. The number of carboxylic acids is 2. The number of carbonyl (C=O) groups excluding carboxylic acids is 3. The molecule has 0 spiro atoms. The maximum atomic E-state index is 12.8. The van der Waals surface area contributed by atoms with Crippen molar-refractivity contribution in [2.75, 3.05) is 5.75 Å². The molecular formula is C20H36N4O7S. The Morgan fingerprint density at radius 3 is 1.66 bits per heavy atom. The van der Waals surface area contributed by atoms with E-state index in [1.807, 2.05) is 27.7 Å². The highest BCUT2D eigenvalue weighted by Gasteiger charge is 2.30. The molecule has 0 aromatic carbocycles. The second-order valence-corrected chi connectivity index (χ2v) is 8.87. The van der Waals surface area contributed by atoms with Crippen LogP contribution < -0.4 is 21.7 Å². The van der Waals surface area contributed by atoms with Crippen molar-refractivity contribution >= 4 is 42.3 Å². The number of aliphatic carboxylic acids is 2. The molecule has 0 aromatic rings. The van der Waals surface area contributed by atoms with Gasteiger partial charge in [0.05, 0.1) is 6.04 Å². The lowest BCUT2D eigenvalue weighted by atomic mass is 10.0. The fraction of sp³-hybridized carbons (Fsp3) is 0.750. The van der Waals surface area contributed by atoms with Crippen molar-refractivity contribution in [2.45, 2.75) is 77.5 Å². The van der Waals surface area contributed by atoms with E-state index in [1.165, 1.54) is 0 Å². The highest BCUT2D eigenvalue weighted by molar-refractivity contribution is 7.80. The summed E-state index contributed by atoms with van der Waals surface area (Å²) in [5, 5.41) is 25.4. The van der Waals surface area contributed by atoms with Crippen LogP contribution in [0.25, 0.3) is 0 Å². The molecule has 0 aliphatic heterocycles. The Kier molecular flexibility index (Phi) is 13.6. The first kappa shape index (κ1) is 29.7. The molecule has 4 atom stereocenters. The van der Waals surface area contributed by atoms with E-state index in [-0.39, 0.29) is 43.3 Å². The molecule has 0 aliphatic rings. The number of nitrogens with one attached hydrogen (secondary N) is 3. The van der Waals surface area contributed by atoms with Gasteiger partial charge in [0.15, 0.2) is 0 Å². The van der Waals surface area contributed by atoms with Crippen LogP contribution in [0.1, 0.15) is 53.4 Å². The van der Waals surface area contributed by atoms with Crippen LogP contribution in [0.2, 0.25) is 0 Å². The molecule has 12 heteroatoms. The van der Waals surface area contributed by atoms with E-state index in [1.54, 1.807) is 0 Å². The Bertz CT molecular complexity index is 672. The third-order valence-corrected chi connectivity index (χ3v) is 4.85. The van der Waals surface area contributed by atoms with Gasteiger partial charge >= 0.3 is 11.9 Å². The molecule has 0 bridgehead atoms. The van der Waals surface area contributed by atoms with Gasteiger partial charge in [-0.3, -0.25) is 19.2 Å². The Morgan fingerprint density at radius 1 is 0.781 bits per heavy atom. The Hall–Kier alpha value is -2.34. The summed E-state index contributed by atoms with van der Waals surface area (Å²) in [5.41, 5.74) is 5.70. The smallest absolute Gasteiger partial charge is 0.326 e. The number of thiol groups is 1. The number of carboxylic acid groups (broad SMARTS) is 2. The van der Waals surface area contributed by atoms with E-state index in [9.17, 15) is 29.1 Å². The first-order chi connectivity index (χ1) is 14.8. The summed E-state index contributed by atoms with van der Waals surface area (Å²) in [6, 6.07) is -4.35. The minimum Gasteiger partial charge on any atom is -0.481 e. The predicted molar refractivity (Wildman–Crippen MR) is 121 cm³/mol. The molecular weight excluding hydrogens is 440 g/mol. The van der Waals surface area contributed by atoms with Crippen molar-refractivity contribution in [3.8, 4) is 0 Å². The third-order valence-electron chi connectivity index (χ3n) is 4.48. The lowest BCUT2D eigenvalue weighted by Crippen LogP contribution is -2.58. The van der Waals surface area contributed by atoms with E-state index in [2.05, 4.69) is 28.6 Å². The monoisotopic (exact) mass is 476 g/mol. The molecule has 0 aliphatic carbocycles. The van der Waals surface area contributed by atoms with Gasteiger partial charge in [-0.1, -0.05) is 27.7 Å². The van der Waals surface area contributed by atoms with Crippen LogP contribution in [-0.4, -0.2) is 69.8 Å². The molecule has 0 aromatic heterocycles. The average Bonchev–Trinajstić information content (AvgIpc) is 2.67. The quantitative estimate of drug-likeness (QED) is 0.157. The van der Waals surface area contributed by atoms with Crippen LogP contribution in [0, 0.1) is 11.8 Å². The van der Waals surface area contributed by atoms with E-state index in [4.69, 9.17) is 10.8 Å². The van der Waals surface area contributed by atoms with Crippen LogP contribution >= 0.6 is 12.6 Å². The fourth-order valence-corrected chi connectivity index (χ4v) is 3.08. The zero-order valence-corrected chi connectivity index (χ0v) is 19.9. The molecule has 4 unspecified atom stereocenters. The molecule has 0 radical (unpaired) electrons. The largest absolute Gasteiger partial charge is 0.481 e. The lowest BCUT2D eigenvalue weighted by molar-refractivity contribution is -0.142. The molecule has 0 saturated carbocycles. The summed E-state index contributed by atoms with van der Waals surface area (Å²) in [5.74, 6) is -4.37. The van der Waals surface area contributed by atoms with Gasteiger partial charge in [0.2, 0.25) is 17.7 Å². The number of hydrogen-bond acceptors (Lipinski definition) is 7. The Balaban J connectivity index is 5.22. The van der Waals surface area contributed by atoms with Crippen molar-refractivity contribution in [3.63, 3.8) is 0 Å². The minimum absolute atomic E-state index is 0.00649. The normalized spacial score (nSPS) is 14.9. The van der Waals surface area contributed by atoms with E-state index in [0.29, 0.717) is 0 Å². The zero-order chi connectivity index (χ0) is 25.0. The van der Waals surface area contributed by atoms with Crippen molar-refractivity contribution in [2.24, 2.45) is 17.6 Å². The number of hydrogen-bond donors (Lipinski definition) is 7. The van der Waals surface area contributed by atoms with E-state index >= 15 is 0 Å². The van der Waals surface area contributed by atoms with Gasteiger partial charge in [-0.25, -0.2) is 4.79 Å². The second kappa shape index (κ2) is 14.7. The predicted octanol–water partition coefficient (Wildman–Crippen LogP) is -0.260. The number of amides is 3. The molecule has 11 nitrogen and oxygen atoms in total. The van der Waals surface area contributed by atoms with Crippen LogP contribution in [0.5, 0.6) is 0 Å². The van der Waals surface area contributed by atoms with Gasteiger partial charge < -0.3 is 31.9 Å². The lowest BCUT2D eigenvalue weighted by Gasteiger charge is -2.25. The summed E-state index contributed by atoms with van der Waals surface area (Å²) < 4.78 is 0. The van der Waals surface area contributed by atoms with Crippen LogP contribution in [0.15, 0.2) is 0 Å². The standard InChI is InChI=1S/C20H36N4O7S/c1-10(2)7-13(22-17(27)12(21)5-6-16(25)26)18(28)24-15(9-32)19(29)23-14(20(30)31)8-11(3)4/h10-15,32H,5-9,21H2,1-4H3,(H,22,27)(H,23,29)(H,24,28)(H,25,26)(H,30,31). The summed E-state index contributed by atoms with van der Waals surface area (Å²) >= 11 is 4.08. The van der Waals surface area contributed by atoms with E-state index < -0.39 is 53.8 Å². The zero-order valence-electron chi connectivity index (χ0n) is 19.0. The molecule has 0 fully saturated rings. The molecule has 0 rings (SSSR count). The number of carbonyl (C=O) groups is 5. The van der Waals surface area contributed by atoms with Gasteiger partial charge in [-0.05, 0) is 31.1 Å². The van der Waals surface area contributed by atoms with Crippen LogP contribution in [0.4, 0.5) is 0 Å². The highest BCUT2D eigenvalue weighted by atomic mass is 32.1. The summed E-state index contributed by atoms with van der Waals surface area (Å²) in [7, 11) is 0. The summed E-state index contributed by atoms with van der Waals surface area (Å²) in [4.78, 5) is 59.7. The van der Waals surface area contributed by atoms with Gasteiger partial charge in [-0.2, -0.15) is 12.6 Å². The molecule has 3 amide bonds. The summed E-state index contributed by atoms with van der Waals surface area (Å²) in [6.45, 7) is 7.31. The van der Waals surface area contributed by atoms with Crippen LogP contribution in [-0.2, 0) is 24.0 Å². The maximum absolute atomic E-state index is 12.8. The number of rotatable bonds is 15. The third kappa shape index (κ3) is 11.9. The molecule has 0 saturated heterocycles. The van der Waals surface area contributed by atoms with Crippen molar-refractivity contribution in [3.05, 3.63) is 0 Å². The van der Waals surface area contributed by atoms with E-state index in [0.717, 1.165) is 0 Å². The van der Waals surface area contributed by atoms with Gasteiger partial charge in [0.1, 0.15) is 18.1 Å². The van der Waals surface area contributed by atoms with Gasteiger partial charge in [-0.15, -0.1) is 0 Å². The van der Waals surface area contributed by atoms with Crippen molar-refractivity contribution in [1.29, 1.82) is 0 Å². The average molecular weight is 477 g/mol. The SMILES string of the molecule is CC(C)CC(NC(=O)C(CS)NC(=O)C(CC(C)C)NC(=O)C(N)CCC(=O)O)C(=O)O. The minimum atomic E-state index is -1.18. The Labute approximate surface area is 193 Å². The topological polar surface area (TPSA) is 188 Å². The highest BCUT2D eigenvalue weighted by Crippen LogP contribution is 2.08. The molecule has 7 N–H and O–H groups in total. The maximum Gasteiger partial charge on any atom is 0.326 e. The summed E-state index contributed by atoms with van der Waals surface area (Å²) in [6.07, 6.45) is 0.0771. The molecule has 32 heavy (non-hydrogen) atoms. The Morgan fingerprint density at radius 2 is 1.22 bits per heavy atom. The van der Waals surface area contributed by atoms with Crippen molar-refractivity contribution < 1.29 is 34.2 Å².